The van der Waals surface area contributed by atoms with Crippen molar-refractivity contribution < 1.29 is 9.59 Å². The average Bonchev–Trinajstić information content (AvgIpc) is 3.44. The molecule has 0 aliphatic carbocycles. The molecule has 1 aromatic carbocycles. The van der Waals surface area contributed by atoms with E-state index in [1.54, 1.807) is 32.3 Å². The number of allylic oxidation sites excluding steroid dienone is 1. The van der Waals surface area contributed by atoms with Crippen molar-refractivity contribution in [2.75, 3.05) is 42.7 Å². The minimum Gasteiger partial charge on any atom is -0.373 e. The van der Waals surface area contributed by atoms with E-state index in [0.29, 0.717) is 28.7 Å². The van der Waals surface area contributed by atoms with Gasteiger partial charge in [-0.05, 0) is 43.2 Å². The molecule has 9 nitrogen and oxygen atoms in total. The van der Waals surface area contributed by atoms with Crippen LogP contribution in [0.2, 0.25) is 0 Å². The van der Waals surface area contributed by atoms with E-state index in [1.807, 2.05) is 12.1 Å². The van der Waals surface area contributed by atoms with Crippen LogP contribution < -0.4 is 20.9 Å². The van der Waals surface area contributed by atoms with Crippen molar-refractivity contribution in [1.29, 1.82) is 0 Å². The first-order valence-electron chi connectivity index (χ1n) is 9.83. The first-order valence-corrected chi connectivity index (χ1v) is 9.83. The van der Waals surface area contributed by atoms with Gasteiger partial charge in [0.1, 0.15) is 11.5 Å². The largest absolute Gasteiger partial charge is 0.373 e. The van der Waals surface area contributed by atoms with E-state index in [-0.39, 0.29) is 11.6 Å². The molecule has 0 unspecified atom stereocenters. The quantitative estimate of drug-likeness (QED) is 0.672. The van der Waals surface area contributed by atoms with Crippen LogP contribution in [0.15, 0.2) is 47.1 Å². The molecule has 0 atom stereocenters. The summed E-state index contributed by atoms with van der Waals surface area (Å²) in [4.78, 5) is 39.8. The molecule has 3 N–H and O–H groups in total. The van der Waals surface area contributed by atoms with Gasteiger partial charge in [-0.1, -0.05) is 0 Å². The zero-order valence-electron chi connectivity index (χ0n) is 16.9. The second-order valence-corrected chi connectivity index (χ2v) is 7.02. The fourth-order valence-electron chi connectivity index (χ4n) is 3.43. The molecule has 2 aliphatic heterocycles. The number of nitrogens with zero attached hydrogens (tertiary/aromatic N) is 4. The Labute approximate surface area is 174 Å². The lowest BCUT2D eigenvalue weighted by molar-refractivity contribution is -0.114. The zero-order valence-corrected chi connectivity index (χ0v) is 16.9. The molecule has 1 fully saturated rings. The number of benzene rings is 1. The van der Waals surface area contributed by atoms with Gasteiger partial charge >= 0.3 is 0 Å². The third-order valence-corrected chi connectivity index (χ3v) is 5.05. The normalized spacial score (nSPS) is 15.7. The number of amides is 2. The number of hydrogen-bond donors (Lipinski definition) is 3. The van der Waals surface area contributed by atoms with Crippen molar-refractivity contribution in [2.45, 2.75) is 12.8 Å². The highest BCUT2D eigenvalue weighted by atomic mass is 16.2. The Balaban J connectivity index is 1.49. The summed E-state index contributed by atoms with van der Waals surface area (Å²) in [7, 11) is 3.44. The number of nitrogens with one attached hydrogen (secondary N) is 3. The maximum atomic E-state index is 12.6. The fourth-order valence-corrected chi connectivity index (χ4v) is 3.43. The molecule has 0 radical (unpaired) electrons. The molecule has 2 aromatic rings. The summed E-state index contributed by atoms with van der Waals surface area (Å²) < 4.78 is 0. The lowest BCUT2D eigenvalue weighted by atomic mass is 10.1. The number of hydrogen-bond acceptors (Lipinski definition) is 7. The second-order valence-electron chi connectivity index (χ2n) is 7.02. The number of aromatic nitrogens is 2. The SMILES string of the molecule is CNc1cc(C2=NC(=O)C(NC(=O)c3ccc(N4CCCC4)cc3)=C2)nc(NC)n1. The van der Waals surface area contributed by atoms with Crippen LogP contribution in [0.1, 0.15) is 28.9 Å². The molecule has 3 heterocycles. The highest BCUT2D eigenvalue weighted by molar-refractivity contribution is 6.23. The predicted octanol–water partition coefficient (Wildman–Crippen LogP) is 1.80. The van der Waals surface area contributed by atoms with E-state index >= 15 is 0 Å². The van der Waals surface area contributed by atoms with Crippen LogP contribution in [-0.2, 0) is 4.79 Å². The summed E-state index contributed by atoms with van der Waals surface area (Å²) >= 11 is 0. The molecule has 4 rings (SSSR count). The van der Waals surface area contributed by atoms with Gasteiger partial charge in [0, 0.05) is 44.5 Å². The third kappa shape index (κ3) is 4.00. The molecule has 154 valence electrons. The van der Waals surface area contributed by atoms with Crippen LogP contribution in [0.4, 0.5) is 17.5 Å². The first kappa shape index (κ1) is 19.6. The predicted molar refractivity (Wildman–Crippen MR) is 116 cm³/mol. The van der Waals surface area contributed by atoms with Crippen molar-refractivity contribution in [2.24, 2.45) is 4.99 Å². The van der Waals surface area contributed by atoms with E-state index in [1.165, 1.54) is 18.9 Å². The zero-order chi connectivity index (χ0) is 21.1. The topological polar surface area (TPSA) is 112 Å². The van der Waals surface area contributed by atoms with E-state index in [4.69, 9.17) is 0 Å². The molecule has 9 heteroatoms. The molecule has 1 saturated heterocycles. The second kappa shape index (κ2) is 8.32. The summed E-state index contributed by atoms with van der Waals surface area (Å²) in [5.41, 5.74) is 2.56. The number of rotatable bonds is 6. The molecular weight excluding hydrogens is 382 g/mol. The van der Waals surface area contributed by atoms with Crippen LogP contribution in [0.5, 0.6) is 0 Å². The third-order valence-electron chi connectivity index (χ3n) is 5.05. The van der Waals surface area contributed by atoms with Crippen LogP contribution in [0, 0.1) is 0 Å². The van der Waals surface area contributed by atoms with Crippen molar-refractivity contribution in [3.8, 4) is 0 Å². The van der Waals surface area contributed by atoms with E-state index in [0.717, 1.165) is 18.8 Å². The first-order chi connectivity index (χ1) is 14.6. The average molecular weight is 405 g/mol. The summed E-state index contributed by atoms with van der Waals surface area (Å²) in [6.07, 6.45) is 3.91. The minimum atomic E-state index is -0.511. The molecule has 1 aromatic heterocycles. The maximum absolute atomic E-state index is 12.6. The summed E-state index contributed by atoms with van der Waals surface area (Å²) in [5, 5.41) is 8.47. The number of anilines is 3. The Morgan fingerprint density at radius 1 is 1.03 bits per heavy atom. The Bertz CT molecular complexity index is 1020. The van der Waals surface area contributed by atoms with Gasteiger partial charge in [0.15, 0.2) is 0 Å². The standard InChI is InChI=1S/C21H23N7O2/c1-22-18-12-16(26-21(23-2)27-18)15-11-17(20(30)24-15)25-19(29)13-5-7-14(8-6-13)28-9-3-4-10-28/h5-8,11-12H,3-4,9-10H2,1-2H3,(H2,22,23,26,27)(H,24,25,29,30). The Morgan fingerprint density at radius 3 is 2.43 bits per heavy atom. The fraction of sp³-hybridized carbons (Fsp3) is 0.286. The van der Waals surface area contributed by atoms with Crippen LogP contribution >= 0.6 is 0 Å². The number of carbonyl (C=O) groups is 2. The lowest BCUT2D eigenvalue weighted by Crippen LogP contribution is -2.25. The monoisotopic (exact) mass is 405 g/mol. The van der Waals surface area contributed by atoms with Crippen LogP contribution in [0.3, 0.4) is 0 Å². The number of carbonyl (C=O) groups excluding carboxylic acids is 2. The Morgan fingerprint density at radius 2 is 1.77 bits per heavy atom. The summed E-state index contributed by atoms with van der Waals surface area (Å²) in [6.45, 7) is 2.08. The van der Waals surface area contributed by atoms with Crippen molar-refractivity contribution >= 4 is 35.0 Å². The smallest absolute Gasteiger partial charge is 0.294 e. The lowest BCUT2D eigenvalue weighted by Gasteiger charge is -2.17. The summed E-state index contributed by atoms with van der Waals surface area (Å²) in [5.74, 6) is 0.121. The van der Waals surface area contributed by atoms with E-state index in [2.05, 4.69) is 35.8 Å². The van der Waals surface area contributed by atoms with Gasteiger partial charge in [0.2, 0.25) is 5.95 Å². The highest BCUT2D eigenvalue weighted by Crippen LogP contribution is 2.21. The van der Waals surface area contributed by atoms with Gasteiger partial charge in [0.25, 0.3) is 11.8 Å². The molecule has 0 saturated carbocycles. The van der Waals surface area contributed by atoms with Gasteiger partial charge in [-0.15, -0.1) is 0 Å². The van der Waals surface area contributed by atoms with E-state index < -0.39 is 5.91 Å². The molecule has 0 bridgehead atoms. The molecule has 30 heavy (non-hydrogen) atoms. The minimum absolute atomic E-state index is 0.120. The number of aliphatic imine (C=N–C) groups is 1. The van der Waals surface area contributed by atoms with Gasteiger partial charge in [-0.2, -0.15) is 4.98 Å². The molecule has 2 amide bonds. The van der Waals surface area contributed by atoms with E-state index in [9.17, 15) is 9.59 Å². The Kier molecular flexibility index (Phi) is 5.42. The maximum Gasteiger partial charge on any atom is 0.294 e. The van der Waals surface area contributed by atoms with Crippen molar-refractivity contribution in [3.05, 3.63) is 53.4 Å². The van der Waals surface area contributed by atoms with Gasteiger partial charge in [0.05, 0.1) is 11.4 Å². The van der Waals surface area contributed by atoms with Crippen molar-refractivity contribution in [1.82, 2.24) is 15.3 Å². The van der Waals surface area contributed by atoms with Crippen molar-refractivity contribution in [3.63, 3.8) is 0 Å². The van der Waals surface area contributed by atoms with Gasteiger partial charge < -0.3 is 20.9 Å². The summed E-state index contributed by atoms with van der Waals surface area (Å²) in [6, 6.07) is 9.10. The Hall–Kier alpha value is -3.75. The molecular formula is C21H23N7O2. The van der Waals surface area contributed by atoms with Gasteiger partial charge in [-0.25, -0.2) is 9.98 Å². The van der Waals surface area contributed by atoms with Gasteiger partial charge in [-0.3, -0.25) is 9.59 Å². The molecule has 2 aliphatic rings. The van der Waals surface area contributed by atoms with Crippen LogP contribution in [0.25, 0.3) is 0 Å². The highest BCUT2D eigenvalue weighted by Gasteiger charge is 2.23. The van der Waals surface area contributed by atoms with Crippen LogP contribution in [-0.4, -0.2) is 54.7 Å². The molecule has 0 spiro atoms.